The molecule has 1 atom stereocenters. The molecule has 0 radical (unpaired) electrons. The van der Waals surface area contributed by atoms with E-state index in [9.17, 15) is 5.11 Å². The third-order valence-electron chi connectivity index (χ3n) is 2.22. The van der Waals surface area contributed by atoms with Gasteiger partial charge in [0, 0.05) is 22.3 Å². The van der Waals surface area contributed by atoms with E-state index in [0.29, 0.717) is 19.4 Å². The zero-order valence-electron chi connectivity index (χ0n) is 7.59. The highest BCUT2D eigenvalue weighted by molar-refractivity contribution is 9.10. The van der Waals surface area contributed by atoms with Crippen molar-refractivity contribution in [3.63, 3.8) is 0 Å². The van der Waals surface area contributed by atoms with Crippen molar-refractivity contribution in [2.45, 2.75) is 25.4 Å². The first-order valence-corrected chi connectivity index (χ1v) is 5.93. The van der Waals surface area contributed by atoms with E-state index in [-0.39, 0.29) is 0 Å². The van der Waals surface area contributed by atoms with Gasteiger partial charge in [-0.1, -0.05) is 6.92 Å². The number of hydrogen-bond acceptors (Lipinski definition) is 3. The van der Waals surface area contributed by atoms with E-state index in [2.05, 4.69) is 15.9 Å². The molecule has 0 spiro atoms. The zero-order chi connectivity index (χ0) is 9.90. The second-order valence-corrected chi connectivity index (χ2v) is 5.01. The van der Waals surface area contributed by atoms with Gasteiger partial charge < -0.3 is 10.8 Å². The molecule has 0 amide bonds. The smallest absolute Gasteiger partial charge is 0.0815 e. The van der Waals surface area contributed by atoms with Crippen molar-refractivity contribution in [3.8, 4) is 0 Å². The van der Waals surface area contributed by atoms with Crippen LogP contribution in [-0.4, -0.2) is 17.3 Å². The lowest BCUT2D eigenvalue weighted by atomic mass is 9.96. The van der Waals surface area contributed by atoms with Crippen molar-refractivity contribution in [1.82, 2.24) is 0 Å². The predicted molar refractivity (Wildman–Crippen MR) is 60.0 cm³/mol. The first kappa shape index (κ1) is 11.2. The average molecular weight is 264 g/mol. The Kier molecular flexibility index (Phi) is 3.91. The molecular formula is C9H14BrNOS. The largest absolute Gasteiger partial charge is 0.388 e. The summed E-state index contributed by atoms with van der Waals surface area (Å²) >= 11 is 5.08. The van der Waals surface area contributed by atoms with Crippen LogP contribution in [0.25, 0.3) is 0 Å². The van der Waals surface area contributed by atoms with Crippen LogP contribution in [0, 0.1) is 0 Å². The van der Waals surface area contributed by atoms with Crippen LogP contribution in [0.3, 0.4) is 0 Å². The van der Waals surface area contributed by atoms with Crippen LogP contribution in [0.1, 0.15) is 18.2 Å². The molecule has 0 saturated heterocycles. The fourth-order valence-electron chi connectivity index (χ4n) is 1.09. The molecule has 0 aliphatic rings. The molecule has 1 unspecified atom stereocenters. The monoisotopic (exact) mass is 263 g/mol. The standard InChI is InChI=1S/C9H14BrNOS/c1-2-9(12,6-11)5-8-7(10)3-4-13-8/h3-4,12H,2,5-6,11H2,1H3. The summed E-state index contributed by atoms with van der Waals surface area (Å²) < 4.78 is 1.07. The summed E-state index contributed by atoms with van der Waals surface area (Å²) in [6.07, 6.45) is 1.33. The molecule has 1 aromatic rings. The number of nitrogens with two attached hydrogens (primary N) is 1. The number of rotatable bonds is 4. The summed E-state index contributed by atoms with van der Waals surface area (Å²) in [5, 5.41) is 12.0. The van der Waals surface area contributed by atoms with Gasteiger partial charge in [0.1, 0.15) is 0 Å². The molecule has 2 nitrogen and oxygen atoms in total. The molecule has 74 valence electrons. The maximum atomic E-state index is 9.99. The van der Waals surface area contributed by atoms with Crippen molar-refractivity contribution in [3.05, 3.63) is 20.8 Å². The van der Waals surface area contributed by atoms with Crippen LogP contribution in [0.2, 0.25) is 0 Å². The highest BCUT2D eigenvalue weighted by Crippen LogP contribution is 2.27. The van der Waals surface area contributed by atoms with Crippen molar-refractivity contribution >= 4 is 27.3 Å². The number of hydrogen-bond donors (Lipinski definition) is 2. The van der Waals surface area contributed by atoms with Crippen molar-refractivity contribution in [1.29, 1.82) is 0 Å². The molecule has 0 fully saturated rings. The molecule has 1 aromatic heterocycles. The van der Waals surface area contributed by atoms with Gasteiger partial charge in [-0.15, -0.1) is 11.3 Å². The molecule has 1 rings (SSSR count). The van der Waals surface area contributed by atoms with Gasteiger partial charge in [-0.3, -0.25) is 0 Å². The summed E-state index contributed by atoms with van der Waals surface area (Å²) in [4.78, 5) is 1.16. The van der Waals surface area contributed by atoms with Gasteiger partial charge in [-0.05, 0) is 33.8 Å². The Labute approximate surface area is 90.9 Å². The Morgan fingerprint density at radius 3 is 2.77 bits per heavy atom. The lowest BCUT2D eigenvalue weighted by Crippen LogP contribution is -2.39. The summed E-state index contributed by atoms with van der Waals surface area (Å²) in [7, 11) is 0. The molecule has 3 N–H and O–H groups in total. The minimum absolute atomic E-state index is 0.313. The van der Waals surface area contributed by atoms with Gasteiger partial charge in [0.25, 0.3) is 0 Å². The maximum absolute atomic E-state index is 9.99. The lowest BCUT2D eigenvalue weighted by molar-refractivity contribution is 0.0463. The number of thiophene rings is 1. The quantitative estimate of drug-likeness (QED) is 0.875. The highest BCUT2D eigenvalue weighted by Gasteiger charge is 2.24. The maximum Gasteiger partial charge on any atom is 0.0815 e. The van der Waals surface area contributed by atoms with Crippen LogP contribution in [0.4, 0.5) is 0 Å². The Morgan fingerprint density at radius 2 is 2.38 bits per heavy atom. The predicted octanol–water partition coefficient (Wildman–Crippen LogP) is 2.15. The molecule has 1 heterocycles. The average Bonchev–Trinajstić information content (AvgIpc) is 2.52. The first-order chi connectivity index (χ1) is 6.11. The summed E-state index contributed by atoms with van der Waals surface area (Å²) in [5.41, 5.74) is 4.78. The Balaban J connectivity index is 2.73. The van der Waals surface area contributed by atoms with E-state index in [1.54, 1.807) is 11.3 Å². The van der Waals surface area contributed by atoms with Gasteiger partial charge >= 0.3 is 0 Å². The van der Waals surface area contributed by atoms with Crippen LogP contribution in [0.5, 0.6) is 0 Å². The third-order valence-corrected chi connectivity index (χ3v) is 4.15. The minimum atomic E-state index is -0.743. The molecule has 0 aliphatic heterocycles. The van der Waals surface area contributed by atoms with E-state index in [4.69, 9.17) is 5.73 Å². The van der Waals surface area contributed by atoms with Crippen LogP contribution < -0.4 is 5.73 Å². The first-order valence-electron chi connectivity index (χ1n) is 4.25. The molecule has 4 heteroatoms. The molecule has 0 saturated carbocycles. The van der Waals surface area contributed by atoms with Gasteiger partial charge in [-0.25, -0.2) is 0 Å². The van der Waals surface area contributed by atoms with E-state index in [1.807, 2.05) is 18.4 Å². The zero-order valence-corrected chi connectivity index (χ0v) is 9.99. The van der Waals surface area contributed by atoms with Crippen LogP contribution in [-0.2, 0) is 6.42 Å². The molecule has 13 heavy (non-hydrogen) atoms. The molecule has 0 bridgehead atoms. The van der Waals surface area contributed by atoms with E-state index < -0.39 is 5.60 Å². The number of aliphatic hydroxyl groups is 1. The Bertz CT molecular complexity index is 270. The van der Waals surface area contributed by atoms with E-state index in [1.165, 1.54) is 0 Å². The van der Waals surface area contributed by atoms with Gasteiger partial charge in [0.05, 0.1) is 5.60 Å². The van der Waals surface area contributed by atoms with Crippen molar-refractivity contribution < 1.29 is 5.11 Å². The second kappa shape index (κ2) is 4.55. The Morgan fingerprint density at radius 1 is 1.69 bits per heavy atom. The van der Waals surface area contributed by atoms with E-state index >= 15 is 0 Å². The van der Waals surface area contributed by atoms with Gasteiger partial charge in [0.2, 0.25) is 0 Å². The van der Waals surface area contributed by atoms with Gasteiger partial charge in [-0.2, -0.15) is 0 Å². The topological polar surface area (TPSA) is 46.2 Å². The van der Waals surface area contributed by atoms with E-state index in [0.717, 1.165) is 9.35 Å². The summed E-state index contributed by atoms with van der Waals surface area (Å²) in [6.45, 7) is 2.27. The second-order valence-electron chi connectivity index (χ2n) is 3.15. The lowest BCUT2D eigenvalue weighted by Gasteiger charge is -2.24. The summed E-state index contributed by atoms with van der Waals surface area (Å²) in [5.74, 6) is 0. The normalized spacial score (nSPS) is 15.7. The molecular weight excluding hydrogens is 250 g/mol. The van der Waals surface area contributed by atoms with Crippen LogP contribution >= 0.6 is 27.3 Å². The number of halogens is 1. The molecule has 0 aliphatic carbocycles. The van der Waals surface area contributed by atoms with Crippen LogP contribution in [0.15, 0.2) is 15.9 Å². The fraction of sp³-hybridized carbons (Fsp3) is 0.556. The van der Waals surface area contributed by atoms with Gasteiger partial charge in [0.15, 0.2) is 0 Å². The fourth-order valence-corrected chi connectivity index (χ4v) is 2.72. The third kappa shape index (κ3) is 2.77. The van der Waals surface area contributed by atoms with Crippen molar-refractivity contribution in [2.24, 2.45) is 5.73 Å². The van der Waals surface area contributed by atoms with Crippen molar-refractivity contribution in [2.75, 3.05) is 6.54 Å². The highest BCUT2D eigenvalue weighted by atomic mass is 79.9. The minimum Gasteiger partial charge on any atom is -0.388 e. The SMILES string of the molecule is CCC(O)(CN)Cc1sccc1Br. The Hall–Kier alpha value is 0.100. The summed E-state index contributed by atoms with van der Waals surface area (Å²) in [6, 6.07) is 1.99. The molecule has 0 aromatic carbocycles.